The molecule has 40 heavy (non-hydrogen) atoms. The summed E-state index contributed by atoms with van der Waals surface area (Å²) < 4.78 is 0. The highest BCUT2D eigenvalue weighted by Gasteiger charge is 2.37. The van der Waals surface area contributed by atoms with Gasteiger partial charge in [-0.15, -0.1) is 0 Å². The smallest absolute Gasteiger partial charge is 0.269 e. The van der Waals surface area contributed by atoms with E-state index in [1.165, 1.54) is 31.1 Å². The van der Waals surface area contributed by atoms with E-state index in [0.29, 0.717) is 18.4 Å². The monoisotopic (exact) mass is 539 g/mol. The van der Waals surface area contributed by atoms with Crippen LogP contribution in [0.4, 0.5) is 17.1 Å². The first-order chi connectivity index (χ1) is 19.4. The van der Waals surface area contributed by atoms with Gasteiger partial charge in [0.2, 0.25) is 5.91 Å². The molecule has 0 N–H and O–H groups in total. The number of carbonyl (C=O) groups excluding carboxylic acids is 2. The molecule has 2 atom stereocenters. The van der Waals surface area contributed by atoms with Crippen molar-refractivity contribution in [2.24, 2.45) is 0 Å². The van der Waals surface area contributed by atoms with Gasteiger partial charge in [0.1, 0.15) is 0 Å². The summed E-state index contributed by atoms with van der Waals surface area (Å²) >= 11 is 0. The third-order valence-electron chi connectivity index (χ3n) is 7.43. The summed E-state index contributed by atoms with van der Waals surface area (Å²) in [4.78, 5) is 41.5. The average molecular weight is 540 g/mol. The van der Waals surface area contributed by atoms with Gasteiger partial charge in [-0.25, -0.2) is 0 Å². The zero-order valence-corrected chi connectivity index (χ0v) is 23.2. The molecule has 0 bridgehead atoms. The van der Waals surface area contributed by atoms with Crippen molar-refractivity contribution in [3.05, 3.63) is 106 Å². The molecule has 7 heteroatoms. The maximum Gasteiger partial charge on any atom is 0.269 e. The maximum atomic E-state index is 13.8. The van der Waals surface area contributed by atoms with E-state index in [-0.39, 0.29) is 29.6 Å². The van der Waals surface area contributed by atoms with E-state index >= 15 is 0 Å². The molecule has 1 heterocycles. The fourth-order valence-corrected chi connectivity index (χ4v) is 5.41. The summed E-state index contributed by atoms with van der Waals surface area (Å²) in [6.45, 7) is 4.24. The lowest BCUT2D eigenvalue weighted by Gasteiger charge is -2.43. The summed E-state index contributed by atoms with van der Waals surface area (Å²) in [5.74, 6) is -0.0715. The Morgan fingerprint density at radius 2 is 1.62 bits per heavy atom. The second-order valence-electron chi connectivity index (χ2n) is 10.3. The number of nitro benzene ring substituents is 1. The molecule has 0 fully saturated rings. The Kier molecular flexibility index (Phi) is 9.84. The lowest BCUT2D eigenvalue weighted by atomic mass is 9.89. The van der Waals surface area contributed by atoms with Crippen LogP contribution in [0.1, 0.15) is 76.0 Å². The second kappa shape index (κ2) is 13.7. The summed E-state index contributed by atoms with van der Waals surface area (Å²) in [7, 11) is 0. The standard InChI is InChI=1S/C33H37N3O4/c1-3-4-5-6-10-17-32(37)34-25(2)24-31(29-15-11-12-16-30(29)34)35(27-13-8-7-9-14-27)33(38)23-20-26-18-21-28(22-19-26)36(39)40/h7-9,11-16,18-23,25,31H,3-6,10,17,24H2,1-2H3/b23-20+/t25-,31+/m0/s1. The van der Waals surface area contributed by atoms with Crippen LogP contribution in [0.3, 0.4) is 0 Å². The highest BCUT2D eigenvalue weighted by Crippen LogP contribution is 2.42. The molecule has 2 amide bonds. The number of benzene rings is 3. The molecule has 0 spiro atoms. The van der Waals surface area contributed by atoms with Gasteiger partial charge in [0, 0.05) is 42.0 Å². The molecule has 0 aliphatic carbocycles. The van der Waals surface area contributed by atoms with Crippen molar-refractivity contribution < 1.29 is 14.5 Å². The van der Waals surface area contributed by atoms with Gasteiger partial charge in [0.05, 0.1) is 11.0 Å². The SMILES string of the molecule is CCCCCCCC(=O)N1c2ccccc2[C@H](N(C(=O)/C=C/c2ccc([N+](=O)[O-])cc2)c2ccccc2)C[C@@H]1C. The van der Waals surface area contributed by atoms with Gasteiger partial charge in [0.15, 0.2) is 0 Å². The third-order valence-corrected chi connectivity index (χ3v) is 7.43. The van der Waals surface area contributed by atoms with Crippen molar-refractivity contribution in [1.29, 1.82) is 0 Å². The third kappa shape index (κ3) is 6.84. The van der Waals surface area contributed by atoms with Gasteiger partial charge >= 0.3 is 0 Å². The molecular weight excluding hydrogens is 502 g/mol. The van der Waals surface area contributed by atoms with Crippen molar-refractivity contribution in [2.75, 3.05) is 9.80 Å². The number of non-ortho nitro benzene ring substituents is 1. The predicted molar refractivity (Wildman–Crippen MR) is 160 cm³/mol. The molecule has 3 aromatic rings. The zero-order chi connectivity index (χ0) is 28.5. The number of unbranched alkanes of at least 4 members (excludes halogenated alkanes) is 4. The Hall–Kier alpha value is -4.26. The fourth-order valence-electron chi connectivity index (χ4n) is 5.41. The summed E-state index contributed by atoms with van der Waals surface area (Å²) in [5, 5.41) is 11.0. The van der Waals surface area contributed by atoms with Crippen molar-refractivity contribution >= 4 is 35.0 Å². The first-order valence-corrected chi connectivity index (χ1v) is 14.1. The van der Waals surface area contributed by atoms with Crippen molar-refractivity contribution in [3.63, 3.8) is 0 Å². The van der Waals surface area contributed by atoms with Crippen LogP contribution in [0.25, 0.3) is 6.08 Å². The van der Waals surface area contributed by atoms with Crippen LogP contribution < -0.4 is 9.80 Å². The molecule has 3 aromatic carbocycles. The summed E-state index contributed by atoms with van der Waals surface area (Å²) in [6, 6.07) is 23.2. The number of para-hydroxylation sites is 2. The minimum absolute atomic E-state index is 0.00208. The van der Waals surface area contributed by atoms with Crippen LogP contribution in [-0.2, 0) is 9.59 Å². The Labute approximate surface area is 236 Å². The Morgan fingerprint density at radius 3 is 2.33 bits per heavy atom. The van der Waals surface area contributed by atoms with E-state index in [2.05, 4.69) is 13.8 Å². The van der Waals surface area contributed by atoms with Gasteiger partial charge < -0.3 is 9.80 Å². The Bertz CT molecular complexity index is 1340. The normalized spacial score (nSPS) is 16.5. The molecular formula is C33H37N3O4. The van der Waals surface area contributed by atoms with E-state index in [0.717, 1.165) is 36.2 Å². The number of rotatable bonds is 11. The molecule has 0 saturated heterocycles. The molecule has 4 rings (SSSR count). The van der Waals surface area contributed by atoms with E-state index in [4.69, 9.17) is 0 Å². The highest BCUT2D eigenvalue weighted by molar-refractivity contribution is 6.05. The van der Waals surface area contributed by atoms with E-state index < -0.39 is 4.92 Å². The van der Waals surface area contributed by atoms with Crippen LogP contribution in [-0.4, -0.2) is 22.8 Å². The van der Waals surface area contributed by atoms with Crippen molar-refractivity contribution in [1.82, 2.24) is 0 Å². The number of nitrogens with zero attached hydrogens (tertiary/aromatic N) is 3. The fraction of sp³-hybridized carbons (Fsp3) is 0.333. The van der Waals surface area contributed by atoms with Gasteiger partial charge in [0.25, 0.3) is 11.6 Å². The molecule has 0 saturated carbocycles. The van der Waals surface area contributed by atoms with E-state index in [1.807, 2.05) is 59.5 Å². The maximum absolute atomic E-state index is 13.8. The van der Waals surface area contributed by atoms with Crippen LogP contribution in [0.5, 0.6) is 0 Å². The minimum Gasteiger partial charge on any atom is -0.309 e. The van der Waals surface area contributed by atoms with Crippen molar-refractivity contribution in [3.8, 4) is 0 Å². The molecule has 208 valence electrons. The van der Waals surface area contributed by atoms with Crippen LogP contribution in [0.2, 0.25) is 0 Å². The summed E-state index contributed by atoms with van der Waals surface area (Å²) in [5.41, 5.74) is 3.27. The van der Waals surface area contributed by atoms with E-state index in [9.17, 15) is 19.7 Å². The Morgan fingerprint density at radius 1 is 0.950 bits per heavy atom. The van der Waals surface area contributed by atoms with Crippen molar-refractivity contribution in [2.45, 2.75) is 70.9 Å². The molecule has 1 aliphatic heterocycles. The predicted octanol–water partition coefficient (Wildman–Crippen LogP) is 7.87. The van der Waals surface area contributed by atoms with Crippen LogP contribution >= 0.6 is 0 Å². The molecule has 0 radical (unpaired) electrons. The number of carbonyl (C=O) groups is 2. The Balaban J connectivity index is 1.62. The molecule has 0 unspecified atom stereocenters. The largest absolute Gasteiger partial charge is 0.309 e. The molecule has 0 aromatic heterocycles. The van der Waals surface area contributed by atoms with E-state index in [1.54, 1.807) is 23.1 Å². The average Bonchev–Trinajstić information content (AvgIpc) is 2.97. The van der Waals surface area contributed by atoms with Gasteiger partial charge in [-0.05, 0) is 67.3 Å². The van der Waals surface area contributed by atoms with Crippen LogP contribution in [0, 0.1) is 10.1 Å². The first-order valence-electron chi connectivity index (χ1n) is 14.1. The minimum atomic E-state index is -0.446. The van der Waals surface area contributed by atoms with Gasteiger partial charge in [-0.1, -0.05) is 69.0 Å². The number of fused-ring (bicyclic) bond motifs is 1. The highest BCUT2D eigenvalue weighted by atomic mass is 16.6. The zero-order valence-electron chi connectivity index (χ0n) is 23.2. The lowest BCUT2D eigenvalue weighted by Crippen LogP contribution is -2.47. The number of anilines is 2. The number of hydrogen-bond donors (Lipinski definition) is 0. The molecule has 1 aliphatic rings. The quantitative estimate of drug-likeness (QED) is 0.107. The van der Waals surface area contributed by atoms with Crippen LogP contribution in [0.15, 0.2) is 84.9 Å². The lowest BCUT2D eigenvalue weighted by molar-refractivity contribution is -0.384. The topological polar surface area (TPSA) is 83.8 Å². The van der Waals surface area contributed by atoms with Gasteiger partial charge in [-0.2, -0.15) is 0 Å². The second-order valence-corrected chi connectivity index (χ2v) is 10.3. The number of nitro groups is 1. The van der Waals surface area contributed by atoms with Gasteiger partial charge in [-0.3, -0.25) is 19.7 Å². The first kappa shape index (κ1) is 28.7. The number of hydrogen-bond acceptors (Lipinski definition) is 4. The summed E-state index contributed by atoms with van der Waals surface area (Å²) in [6.07, 6.45) is 9.77. The molecule has 7 nitrogen and oxygen atoms in total. The number of amides is 2.